The van der Waals surface area contributed by atoms with Crippen LogP contribution < -0.4 is 10.6 Å². The molecular weight excluding hydrogens is 336 g/mol. The Morgan fingerprint density at radius 1 is 1.22 bits per heavy atom. The Hall–Kier alpha value is -1.86. The molecule has 1 aliphatic heterocycles. The van der Waals surface area contributed by atoms with Crippen LogP contribution in [0.25, 0.3) is 0 Å². The fourth-order valence-corrected chi connectivity index (χ4v) is 4.22. The number of hydrogen-bond donors (Lipinski definition) is 2. The van der Waals surface area contributed by atoms with Gasteiger partial charge in [0.1, 0.15) is 5.82 Å². The number of nitrogens with zero attached hydrogens (tertiary/aromatic N) is 2. The highest BCUT2D eigenvalue weighted by Crippen LogP contribution is 2.17. The van der Waals surface area contributed by atoms with Crippen LogP contribution in [0.2, 0.25) is 5.02 Å². The van der Waals surface area contributed by atoms with Gasteiger partial charge in [0.05, 0.1) is 11.5 Å². The Bertz CT molecular complexity index is 780. The first-order valence-corrected chi connectivity index (χ1v) is 9.48. The van der Waals surface area contributed by atoms with Crippen molar-refractivity contribution in [1.82, 2.24) is 9.97 Å². The third-order valence-electron chi connectivity index (χ3n) is 3.60. The van der Waals surface area contributed by atoms with Crippen molar-refractivity contribution >= 4 is 33.2 Å². The number of rotatable bonds is 5. The predicted molar refractivity (Wildman–Crippen MR) is 91.5 cm³/mol. The van der Waals surface area contributed by atoms with E-state index >= 15 is 0 Å². The van der Waals surface area contributed by atoms with Crippen molar-refractivity contribution in [2.45, 2.75) is 19.0 Å². The molecule has 8 heteroatoms. The molecule has 6 nitrogen and oxygen atoms in total. The van der Waals surface area contributed by atoms with Crippen LogP contribution in [0.3, 0.4) is 0 Å². The van der Waals surface area contributed by atoms with Crippen LogP contribution in [0.5, 0.6) is 0 Å². The molecule has 0 radical (unpaired) electrons. The molecule has 23 heavy (non-hydrogen) atoms. The summed E-state index contributed by atoms with van der Waals surface area (Å²) in [6.45, 7) is 0.582. The molecule has 2 aromatic rings. The molecule has 1 unspecified atom stereocenters. The third-order valence-corrected chi connectivity index (χ3v) is 5.62. The second kappa shape index (κ2) is 6.72. The molecule has 1 aromatic carbocycles. The Morgan fingerprint density at radius 3 is 2.70 bits per heavy atom. The summed E-state index contributed by atoms with van der Waals surface area (Å²) in [5, 5.41) is 6.99. The molecule has 1 atom stereocenters. The number of nitrogens with one attached hydrogen (secondary N) is 2. The topological polar surface area (TPSA) is 84.0 Å². The van der Waals surface area contributed by atoms with Gasteiger partial charge in [-0.3, -0.25) is 0 Å². The largest absolute Gasteiger partial charge is 0.366 e. The number of sulfone groups is 1. The lowest BCUT2D eigenvalue weighted by atomic mass is 10.2. The molecule has 1 fully saturated rings. The molecule has 0 amide bonds. The zero-order valence-corrected chi connectivity index (χ0v) is 13.9. The van der Waals surface area contributed by atoms with Crippen LogP contribution in [0, 0.1) is 0 Å². The minimum atomic E-state index is -2.91. The lowest BCUT2D eigenvalue weighted by molar-refractivity contribution is 0.602. The third kappa shape index (κ3) is 4.56. The summed E-state index contributed by atoms with van der Waals surface area (Å²) in [5.74, 6) is 1.51. The van der Waals surface area contributed by atoms with E-state index in [1.807, 2.05) is 24.3 Å². The zero-order chi connectivity index (χ0) is 16.3. The van der Waals surface area contributed by atoms with E-state index in [-0.39, 0.29) is 17.5 Å². The second-order valence-corrected chi connectivity index (χ2v) is 8.15. The van der Waals surface area contributed by atoms with E-state index in [0.29, 0.717) is 29.8 Å². The first-order chi connectivity index (χ1) is 11.0. The van der Waals surface area contributed by atoms with Crippen molar-refractivity contribution in [2.24, 2.45) is 0 Å². The Morgan fingerprint density at radius 2 is 2.00 bits per heavy atom. The first-order valence-electron chi connectivity index (χ1n) is 7.28. The number of anilines is 2. The molecular formula is C15H17ClN4O2S. The van der Waals surface area contributed by atoms with E-state index in [1.165, 1.54) is 0 Å². The van der Waals surface area contributed by atoms with Crippen LogP contribution in [-0.2, 0) is 16.4 Å². The maximum absolute atomic E-state index is 11.5. The molecule has 3 rings (SSSR count). The van der Waals surface area contributed by atoms with Gasteiger partial charge in [-0.25, -0.2) is 13.4 Å². The number of benzene rings is 1. The summed E-state index contributed by atoms with van der Waals surface area (Å²) < 4.78 is 23.0. The Kier molecular flexibility index (Phi) is 4.68. The van der Waals surface area contributed by atoms with Gasteiger partial charge >= 0.3 is 0 Å². The molecule has 122 valence electrons. The summed E-state index contributed by atoms with van der Waals surface area (Å²) in [6, 6.07) is 9.18. The highest BCUT2D eigenvalue weighted by atomic mass is 35.5. The van der Waals surface area contributed by atoms with Crippen molar-refractivity contribution in [3.05, 3.63) is 47.1 Å². The van der Waals surface area contributed by atoms with E-state index in [2.05, 4.69) is 20.6 Å². The normalized spacial score (nSPS) is 19.4. The molecule has 0 aliphatic carbocycles. The van der Waals surface area contributed by atoms with Crippen molar-refractivity contribution in [3.63, 3.8) is 0 Å². The number of hydrogen-bond acceptors (Lipinski definition) is 6. The van der Waals surface area contributed by atoms with Gasteiger partial charge < -0.3 is 10.6 Å². The highest BCUT2D eigenvalue weighted by molar-refractivity contribution is 7.91. The standard InChI is InChI=1S/C15H17ClN4O2S/c16-12-3-1-11(2-4-12)9-18-15-17-7-5-14(20-15)19-13-6-8-23(21,22)10-13/h1-5,7,13H,6,8-10H2,(H2,17,18,19,20). The Balaban J connectivity index is 1.60. The quantitative estimate of drug-likeness (QED) is 0.859. The van der Waals surface area contributed by atoms with Crippen molar-refractivity contribution in [1.29, 1.82) is 0 Å². The summed E-state index contributed by atoms with van der Waals surface area (Å²) in [6.07, 6.45) is 2.25. The average molecular weight is 353 g/mol. The van der Waals surface area contributed by atoms with Gasteiger partial charge in [0.15, 0.2) is 9.84 Å². The minimum Gasteiger partial charge on any atom is -0.366 e. The van der Waals surface area contributed by atoms with Crippen LogP contribution in [0.15, 0.2) is 36.5 Å². The van der Waals surface area contributed by atoms with Crippen LogP contribution in [0.4, 0.5) is 11.8 Å². The molecule has 1 aromatic heterocycles. The minimum absolute atomic E-state index is 0.0842. The first kappa shape index (κ1) is 16.0. The van der Waals surface area contributed by atoms with E-state index < -0.39 is 9.84 Å². The smallest absolute Gasteiger partial charge is 0.224 e. The predicted octanol–water partition coefficient (Wildman–Crippen LogP) is 2.34. The number of aromatic nitrogens is 2. The van der Waals surface area contributed by atoms with Crippen LogP contribution in [-0.4, -0.2) is 35.9 Å². The van der Waals surface area contributed by atoms with E-state index in [4.69, 9.17) is 11.6 Å². The van der Waals surface area contributed by atoms with Crippen LogP contribution >= 0.6 is 11.6 Å². The maximum atomic E-state index is 11.5. The molecule has 0 saturated carbocycles. The van der Waals surface area contributed by atoms with E-state index in [0.717, 1.165) is 5.56 Å². The molecule has 0 bridgehead atoms. The summed E-state index contributed by atoms with van der Waals surface area (Å²) in [5.41, 5.74) is 1.07. The molecule has 2 N–H and O–H groups in total. The SMILES string of the molecule is O=S1(=O)CCC(Nc2ccnc(NCc3ccc(Cl)cc3)n2)C1. The van der Waals surface area contributed by atoms with Gasteiger partial charge in [0.25, 0.3) is 0 Å². The van der Waals surface area contributed by atoms with Gasteiger partial charge in [-0.15, -0.1) is 0 Å². The monoisotopic (exact) mass is 352 g/mol. The maximum Gasteiger partial charge on any atom is 0.224 e. The number of halogens is 1. The second-order valence-electron chi connectivity index (χ2n) is 5.49. The molecule has 1 saturated heterocycles. The summed E-state index contributed by atoms with van der Waals surface area (Å²) in [4.78, 5) is 8.53. The highest BCUT2D eigenvalue weighted by Gasteiger charge is 2.27. The fourth-order valence-electron chi connectivity index (χ4n) is 2.43. The fraction of sp³-hybridized carbons (Fsp3) is 0.333. The van der Waals surface area contributed by atoms with Gasteiger partial charge in [0, 0.05) is 23.8 Å². The van der Waals surface area contributed by atoms with Gasteiger partial charge in [-0.2, -0.15) is 4.98 Å². The average Bonchev–Trinajstić information content (AvgIpc) is 2.86. The van der Waals surface area contributed by atoms with Crippen molar-refractivity contribution < 1.29 is 8.42 Å². The van der Waals surface area contributed by atoms with E-state index in [9.17, 15) is 8.42 Å². The molecule has 0 spiro atoms. The van der Waals surface area contributed by atoms with Gasteiger partial charge in [-0.1, -0.05) is 23.7 Å². The Labute approximate surface area is 140 Å². The van der Waals surface area contributed by atoms with Crippen LogP contribution in [0.1, 0.15) is 12.0 Å². The van der Waals surface area contributed by atoms with Crippen molar-refractivity contribution in [3.8, 4) is 0 Å². The molecule has 2 heterocycles. The van der Waals surface area contributed by atoms with Gasteiger partial charge in [-0.05, 0) is 30.2 Å². The van der Waals surface area contributed by atoms with E-state index in [1.54, 1.807) is 12.3 Å². The summed E-state index contributed by atoms with van der Waals surface area (Å²) >= 11 is 5.85. The van der Waals surface area contributed by atoms with Gasteiger partial charge in [0.2, 0.25) is 5.95 Å². The molecule has 1 aliphatic rings. The zero-order valence-electron chi connectivity index (χ0n) is 12.4. The lowest BCUT2D eigenvalue weighted by Gasteiger charge is -2.12. The van der Waals surface area contributed by atoms with Crippen molar-refractivity contribution in [2.75, 3.05) is 22.1 Å². The summed E-state index contributed by atoms with van der Waals surface area (Å²) in [7, 11) is -2.91. The lowest BCUT2D eigenvalue weighted by Crippen LogP contribution is -2.21.